The summed E-state index contributed by atoms with van der Waals surface area (Å²) in [6.45, 7) is 0.287. The van der Waals surface area contributed by atoms with Crippen molar-refractivity contribution in [1.29, 1.82) is 5.26 Å². The quantitative estimate of drug-likeness (QED) is 0.411. The molecule has 2 aromatic carbocycles. The molecule has 0 unspecified atom stereocenters. The van der Waals surface area contributed by atoms with Crippen molar-refractivity contribution in [3.05, 3.63) is 63.1 Å². The summed E-state index contributed by atoms with van der Waals surface area (Å²) in [6.07, 6.45) is 6.79. The number of hydrogen-bond donors (Lipinski definition) is 1. The molecule has 1 aliphatic rings. The Morgan fingerprint density at radius 2 is 1.90 bits per heavy atom. The van der Waals surface area contributed by atoms with Crippen molar-refractivity contribution < 1.29 is 14.3 Å². The van der Waals surface area contributed by atoms with E-state index in [9.17, 15) is 10.1 Å². The standard InChI is InChI=1S/C24H24Cl2N2O3/c1-30-22-13-17(11-18(14-27)24(29)28-20-5-3-2-4-6-20)12-21(26)23(22)31-15-16-7-9-19(25)10-8-16/h7-13,20H,2-6,15H2,1H3,(H,28,29)/b18-11+. The second-order valence-corrected chi connectivity index (χ2v) is 8.27. The van der Waals surface area contributed by atoms with Gasteiger partial charge in [-0.25, -0.2) is 0 Å². The first-order chi connectivity index (χ1) is 15.0. The largest absolute Gasteiger partial charge is 0.493 e. The van der Waals surface area contributed by atoms with Crippen molar-refractivity contribution in [2.75, 3.05) is 7.11 Å². The van der Waals surface area contributed by atoms with Crippen molar-refractivity contribution in [2.24, 2.45) is 0 Å². The third-order valence-electron chi connectivity index (χ3n) is 5.16. The van der Waals surface area contributed by atoms with E-state index >= 15 is 0 Å². The molecular formula is C24H24Cl2N2O3. The van der Waals surface area contributed by atoms with Crippen molar-refractivity contribution >= 4 is 35.2 Å². The van der Waals surface area contributed by atoms with E-state index in [4.69, 9.17) is 32.7 Å². The van der Waals surface area contributed by atoms with E-state index in [0.717, 1.165) is 31.2 Å². The summed E-state index contributed by atoms with van der Waals surface area (Å²) in [5, 5.41) is 13.4. The third kappa shape index (κ3) is 6.40. The molecule has 1 fully saturated rings. The molecule has 162 valence electrons. The highest BCUT2D eigenvalue weighted by atomic mass is 35.5. The second kappa shape index (κ2) is 11.1. The molecule has 1 N–H and O–H groups in total. The van der Waals surface area contributed by atoms with E-state index in [1.165, 1.54) is 19.6 Å². The minimum absolute atomic E-state index is 0.0264. The van der Waals surface area contributed by atoms with E-state index in [1.54, 1.807) is 24.3 Å². The van der Waals surface area contributed by atoms with Gasteiger partial charge in [0, 0.05) is 11.1 Å². The van der Waals surface area contributed by atoms with Crippen molar-refractivity contribution in [3.63, 3.8) is 0 Å². The van der Waals surface area contributed by atoms with Crippen LogP contribution in [0.4, 0.5) is 0 Å². The van der Waals surface area contributed by atoms with Crippen molar-refractivity contribution in [1.82, 2.24) is 5.32 Å². The minimum atomic E-state index is -0.368. The van der Waals surface area contributed by atoms with Gasteiger partial charge in [-0.15, -0.1) is 0 Å². The fourth-order valence-electron chi connectivity index (χ4n) is 3.52. The number of amides is 1. The molecule has 0 saturated heterocycles. The molecule has 0 aromatic heterocycles. The average Bonchev–Trinajstić information content (AvgIpc) is 2.78. The Kier molecular flexibility index (Phi) is 8.22. The van der Waals surface area contributed by atoms with Gasteiger partial charge in [-0.05, 0) is 54.3 Å². The van der Waals surface area contributed by atoms with Gasteiger partial charge >= 0.3 is 0 Å². The van der Waals surface area contributed by atoms with Crippen LogP contribution in [0.5, 0.6) is 11.5 Å². The number of carbonyl (C=O) groups is 1. The van der Waals surface area contributed by atoms with Crippen LogP contribution >= 0.6 is 23.2 Å². The molecule has 7 heteroatoms. The third-order valence-corrected chi connectivity index (χ3v) is 5.70. The Hall–Kier alpha value is -2.68. The highest BCUT2D eigenvalue weighted by Gasteiger charge is 2.19. The first-order valence-electron chi connectivity index (χ1n) is 10.2. The van der Waals surface area contributed by atoms with Crippen LogP contribution in [0.25, 0.3) is 6.08 Å². The number of methoxy groups -OCH3 is 1. The van der Waals surface area contributed by atoms with Gasteiger partial charge in [-0.1, -0.05) is 54.6 Å². The van der Waals surface area contributed by atoms with Crippen LogP contribution < -0.4 is 14.8 Å². The number of hydrogen-bond acceptors (Lipinski definition) is 4. The maximum Gasteiger partial charge on any atom is 0.262 e. The number of nitrogens with zero attached hydrogens (tertiary/aromatic N) is 1. The molecule has 0 radical (unpaired) electrons. The van der Waals surface area contributed by atoms with E-state index in [0.29, 0.717) is 27.1 Å². The number of benzene rings is 2. The molecule has 1 aliphatic carbocycles. The van der Waals surface area contributed by atoms with Gasteiger partial charge in [-0.3, -0.25) is 4.79 Å². The van der Waals surface area contributed by atoms with Crippen LogP contribution in [0.2, 0.25) is 10.0 Å². The van der Waals surface area contributed by atoms with E-state index in [2.05, 4.69) is 5.32 Å². The average molecular weight is 459 g/mol. The number of nitrogens with one attached hydrogen (secondary N) is 1. The smallest absolute Gasteiger partial charge is 0.262 e. The SMILES string of the molecule is COc1cc(/C=C(\C#N)C(=O)NC2CCCCC2)cc(Cl)c1OCc1ccc(Cl)cc1. The maximum atomic E-state index is 12.5. The number of halogens is 2. The predicted octanol–water partition coefficient (Wildman–Crippen LogP) is 5.94. The lowest BCUT2D eigenvalue weighted by atomic mass is 9.95. The molecule has 0 atom stereocenters. The van der Waals surface area contributed by atoms with Crippen molar-refractivity contribution in [3.8, 4) is 17.6 Å². The molecular weight excluding hydrogens is 435 g/mol. The second-order valence-electron chi connectivity index (χ2n) is 7.43. The normalized spacial score (nSPS) is 14.6. The molecule has 5 nitrogen and oxygen atoms in total. The molecule has 1 saturated carbocycles. The zero-order valence-corrected chi connectivity index (χ0v) is 18.8. The Bertz CT molecular complexity index is 991. The molecule has 0 bridgehead atoms. The monoisotopic (exact) mass is 458 g/mol. The topological polar surface area (TPSA) is 71.3 Å². The van der Waals surface area contributed by atoms with E-state index < -0.39 is 0 Å². The number of rotatable bonds is 7. The minimum Gasteiger partial charge on any atom is -0.493 e. The van der Waals surface area contributed by atoms with Gasteiger partial charge in [0.05, 0.1) is 12.1 Å². The van der Waals surface area contributed by atoms with Gasteiger partial charge in [-0.2, -0.15) is 5.26 Å². The van der Waals surface area contributed by atoms with Gasteiger partial charge in [0.2, 0.25) is 0 Å². The summed E-state index contributed by atoms with van der Waals surface area (Å²) in [6, 6.07) is 12.7. The Labute approximate surface area is 192 Å². The number of ether oxygens (including phenoxy) is 2. The van der Waals surface area contributed by atoms with Crippen LogP contribution in [0.3, 0.4) is 0 Å². The van der Waals surface area contributed by atoms with Crippen LogP contribution in [0.1, 0.15) is 43.2 Å². The highest BCUT2D eigenvalue weighted by Crippen LogP contribution is 2.37. The molecule has 31 heavy (non-hydrogen) atoms. The Morgan fingerprint density at radius 1 is 1.19 bits per heavy atom. The van der Waals surface area contributed by atoms with Gasteiger partial charge in [0.15, 0.2) is 11.5 Å². The summed E-state index contributed by atoms with van der Waals surface area (Å²) in [4.78, 5) is 12.5. The summed E-state index contributed by atoms with van der Waals surface area (Å²) in [5.74, 6) is 0.437. The fraction of sp³-hybridized carbons (Fsp3) is 0.333. The summed E-state index contributed by atoms with van der Waals surface area (Å²) < 4.78 is 11.3. The number of carbonyl (C=O) groups excluding carboxylic acids is 1. The lowest BCUT2D eigenvalue weighted by molar-refractivity contribution is -0.117. The Balaban J connectivity index is 1.76. The van der Waals surface area contributed by atoms with Crippen LogP contribution in [-0.2, 0) is 11.4 Å². The van der Waals surface area contributed by atoms with E-state index in [1.807, 2.05) is 18.2 Å². The predicted molar refractivity (Wildman–Crippen MR) is 122 cm³/mol. The van der Waals surface area contributed by atoms with Gasteiger partial charge < -0.3 is 14.8 Å². The first-order valence-corrected chi connectivity index (χ1v) is 10.9. The van der Waals surface area contributed by atoms with Crippen molar-refractivity contribution in [2.45, 2.75) is 44.8 Å². The maximum absolute atomic E-state index is 12.5. The van der Waals surface area contributed by atoms with Crippen LogP contribution in [0.15, 0.2) is 42.0 Å². The molecule has 0 heterocycles. The van der Waals surface area contributed by atoms with Crippen LogP contribution in [0, 0.1) is 11.3 Å². The molecule has 1 amide bonds. The highest BCUT2D eigenvalue weighted by molar-refractivity contribution is 6.32. The van der Waals surface area contributed by atoms with Crippen LogP contribution in [-0.4, -0.2) is 19.1 Å². The summed E-state index contributed by atoms with van der Waals surface area (Å²) in [5.41, 5.74) is 1.53. The fourth-order valence-corrected chi connectivity index (χ4v) is 3.92. The van der Waals surface area contributed by atoms with E-state index in [-0.39, 0.29) is 24.1 Å². The zero-order valence-electron chi connectivity index (χ0n) is 17.3. The summed E-state index contributed by atoms with van der Waals surface area (Å²) in [7, 11) is 1.51. The number of nitriles is 1. The zero-order chi connectivity index (χ0) is 22.2. The first kappa shape index (κ1) is 23.0. The molecule has 3 rings (SSSR count). The molecule has 0 aliphatic heterocycles. The Morgan fingerprint density at radius 3 is 2.55 bits per heavy atom. The van der Waals surface area contributed by atoms with Gasteiger partial charge in [0.25, 0.3) is 5.91 Å². The lowest BCUT2D eigenvalue weighted by Crippen LogP contribution is -2.36. The molecule has 2 aromatic rings. The lowest BCUT2D eigenvalue weighted by Gasteiger charge is -2.22. The molecule has 0 spiro atoms. The van der Waals surface area contributed by atoms with Gasteiger partial charge in [0.1, 0.15) is 18.2 Å². The summed E-state index contributed by atoms with van der Waals surface area (Å²) >= 11 is 12.3.